The molecule has 0 spiro atoms. The van der Waals surface area contributed by atoms with E-state index in [1.807, 2.05) is 0 Å². The van der Waals surface area contributed by atoms with Crippen molar-refractivity contribution >= 4 is 34.8 Å². The number of isothiocyanates is 2. The molecule has 0 saturated carbocycles. The van der Waals surface area contributed by atoms with E-state index in [4.69, 9.17) is 10.8 Å². The molecule has 0 aliphatic rings. The van der Waals surface area contributed by atoms with Crippen LogP contribution in [0, 0.1) is 0 Å². The molecule has 0 amide bonds. The van der Waals surface area contributed by atoms with Crippen LogP contribution in [0.5, 0.6) is 0 Å². The van der Waals surface area contributed by atoms with Gasteiger partial charge in [-0.25, -0.2) is 0 Å². The first kappa shape index (κ1) is 15.7. The van der Waals surface area contributed by atoms with E-state index in [2.05, 4.69) is 24.4 Å². The summed E-state index contributed by atoms with van der Waals surface area (Å²) in [4.78, 5) is 0. The Balaban J connectivity index is -0.0000000400. The van der Waals surface area contributed by atoms with Crippen LogP contribution in [0.25, 0.3) is 10.8 Å². The Morgan fingerprint density at radius 3 is 1.00 bits per heavy atom. The van der Waals surface area contributed by atoms with Crippen LogP contribution in [-0.4, -0.2) is 10.3 Å². The van der Waals surface area contributed by atoms with E-state index in [1.165, 1.54) is 10.3 Å². The second-order valence-electron chi connectivity index (χ2n) is 0.183. The van der Waals surface area contributed by atoms with Crippen molar-refractivity contribution < 1.29 is 19.5 Å². The molecule has 0 aromatic carbocycles. The maximum Gasteiger partial charge on any atom is 2.00 e. The number of rotatable bonds is 0. The minimum absolute atomic E-state index is 0. The molecule has 5 heteroatoms. The standard InChI is InChI=1S/2CNS.Zn/c2*2-1-3;/q2*-1;+2. The molecule has 0 aliphatic carbocycles. The van der Waals surface area contributed by atoms with Gasteiger partial charge in [-0.1, -0.05) is 24.4 Å². The zero-order chi connectivity index (χ0) is 5.41. The van der Waals surface area contributed by atoms with Gasteiger partial charge in [0.1, 0.15) is 0 Å². The van der Waals surface area contributed by atoms with Crippen molar-refractivity contribution in [3.05, 3.63) is 10.8 Å². The van der Waals surface area contributed by atoms with Crippen LogP contribution in [0.2, 0.25) is 0 Å². The van der Waals surface area contributed by atoms with Crippen molar-refractivity contribution in [2.45, 2.75) is 0 Å². The SMILES string of the molecule is [N-]=C=S.[N-]=C=S.[Zn+2]. The molecule has 0 aliphatic heterocycles. The van der Waals surface area contributed by atoms with E-state index < -0.39 is 0 Å². The summed E-state index contributed by atoms with van der Waals surface area (Å²) in [5.41, 5.74) is 0. The zero-order valence-electron chi connectivity index (χ0n) is 3.42. The molecule has 0 N–H and O–H groups in total. The normalized spacial score (nSPS) is 2.29. The maximum absolute atomic E-state index is 7.13. The predicted octanol–water partition coefficient (Wildman–Crippen LogP) is 1.31. The average molecular weight is 182 g/mol. The second-order valence-corrected chi connectivity index (χ2v) is 0.548. The molecule has 0 atom stereocenters. The smallest absolute Gasteiger partial charge is 0.753 e. The van der Waals surface area contributed by atoms with Crippen molar-refractivity contribution in [2.24, 2.45) is 0 Å². The third-order valence-corrected chi connectivity index (χ3v) is 0. The average Bonchev–Trinajstić information content (AvgIpc) is 1.39. The zero-order valence-corrected chi connectivity index (χ0v) is 8.02. The second kappa shape index (κ2) is 34.3. The van der Waals surface area contributed by atoms with Crippen molar-refractivity contribution in [3.63, 3.8) is 0 Å². The molecule has 0 aromatic rings. The number of hydrogen-bond donors (Lipinski definition) is 0. The summed E-state index contributed by atoms with van der Waals surface area (Å²) < 4.78 is 0. The van der Waals surface area contributed by atoms with Gasteiger partial charge in [-0.2, -0.15) is 10.3 Å². The first-order valence-electron chi connectivity index (χ1n) is 0.855. The minimum atomic E-state index is 0. The van der Waals surface area contributed by atoms with E-state index in [0.717, 1.165) is 0 Å². The Bertz CT molecular complexity index is 67.7. The van der Waals surface area contributed by atoms with Crippen molar-refractivity contribution in [1.29, 1.82) is 0 Å². The van der Waals surface area contributed by atoms with Crippen LogP contribution in [0.4, 0.5) is 0 Å². The summed E-state index contributed by atoms with van der Waals surface area (Å²) in [6, 6.07) is 0. The quantitative estimate of drug-likeness (QED) is 0.321. The van der Waals surface area contributed by atoms with Crippen LogP contribution in [-0.2, 0) is 19.5 Å². The van der Waals surface area contributed by atoms with Gasteiger partial charge in [0.2, 0.25) is 0 Å². The summed E-state index contributed by atoms with van der Waals surface area (Å²) in [5, 5.41) is 16.9. The van der Waals surface area contributed by atoms with Gasteiger partial charge in [0.25, 0.3) is 0 Å². The number of thiocarbonyl (C=S) groups is 2. The van der Waals surface area contributed by atoms with Crippen LogP contribution in [0.3, 0.4) is 0 Å². The molecule has 0 heterocycles. The molecular weight excluding hydrogens is 182 g/mol. The van der Waals surface area contributed by atoms with Gasteiger partial charge < -0.3 is 10.8 Å². The third kappa shape index (κ3) is 2220. The van der Waals surface area contributed by atoms with Gasteiger partial charge in [0, 0.05) is 0 Å². The molecule has 0 rings (SSSR count). The van der Waals surface area contributed by atoms with E-state index in [1.54, 1.807) is 0 Å². The van der Waals surface area contributed by atoms with Gasteiger partial charge in [-0.3, -0.25) is 0 Å². The largest absolute Gasteiger partial charge is 2.00 e. The van der Waals surface area contributed by atoms with Gasteiger partial charge in [0.15, 0.2) is 0 Å². The third-order valence-electron chi connectivity index (χ3n) is 0. The summed E-state index contributed by atoms with van der Waals surface area (Å²) in [6.07, 6.45) is 0. The molecule has 0 saturated heterocycles. The summed E-state index contributed by atoms with van der Waals surface area (Å²) in [7, 11) is 0. The fourth-order valence-corrected chi connectivity index (χ4v) is 0. The van der Waals surface area contributed by atoms with Gasteiger partial charge in [0.05, 0.1) is 0 Å². The van der Waals surface area contributed by atoms with Gasteiger partial charge >= 0.3 is 19.5 Å². The molecule has 0 radical (unpaired) electrons. The summed E-state index contributed by atoms with van der Waals surface area (Å²) >= 11 is 7.40. The Kier molecular flexibility index (Phi) is 77.0. The minimum Gasteiger partial charge on any atom is -0.753 e. The first-order valence-corrected chi connectivity index (χ1v) is 1.67. The Morgan fingerprint density at radius 2 is 1.00 bits per heavy atom. The van der Waals surface area contributed by atoms with E-state index in [9.17, 15) is 0 Å². The van der Waals surface area contributed by atoms with Gasteiger partial charge in [-0.15, -0.1) is 0 Å². The molecule has 0 bridgehead atoms. The van der Waals surface area contributed by atoms with E-state index in [-0.39, 0.29) is 19.5 Å². The van der Waals surface area contributed by atoms with Crippen LogP contribution in [0.1, 0.15) is 0 Å². The summed E-state index contributed by atoms with van der Waals surface area (Å²) in [5.74, 6) is 0. The Morgan fingerprint density at radius 1 is 1.00 bits per heavy atom. The van der Waals surface area contributed by atoms with Crippen LogP contribution < -0.4 is 0 Å². The Labute approximate surface area is 65.1 Å². The van der Waals surface area contributed by atoms with Gasteiger partial charge in [-0.05, 0) is 0 Å². The molecule has 2 nitrogen and oxygen atoms in total. The van der Waals surface area contributed by atoms with Crippen LogP contribution in [0.15, 0.2) is 0 Å². The Hall–Kier alpha value is 0.223. The molecule has 0 fully saturated rings. The fourth-order valence-electron chi connectivity index (χ4n) is 0. The first-order chi connectivity index (χ1) is 2.83. The van der Waals surface area contributed by atoms with E-state index in [0.29, 0.717) is 0 Å². The van der Waals surface area contributed by atoms with Crippen LogP contribution >= 0.6 is 24.4 Å². The molecule has 0 aromatic heterocycles. The fraction of sp³-hybridized carbons (Fsp3) is 0. The van der Waals surface area contributed by atoms with Crippen molar-refractivity contribution in [2.75, 3.05) is 0 Å². The number of hydrogen-bond acceptors (Lipinski definition) is 2. The number of nitrogens with zero attached hydrogens (tertiary/aromatic N) is 2. The molecule has 32 valence electrons. The van der Waals surface area contributed by atoms with Crippen molar-refractivity contribution in [1.82, 2.24) is 0 Å². The monoisotopic (exact) mass is 180 g/mol. The van der Waals surface area contributed by atoms with Crippen molar-refractivity contribution in [3.8, 4) is 0 Å². The molecule has 7 heavy (non-hydrogen) atoms. The van der Waals surface area contributed by atoms with E-state index >= 15 is 0 Å². The molecule has 0 unspecified atom stereocenters. The molecular formula is C2N2S2Zn. The topological polar surface area (TPSA) is 44.6 Å². The summed E-state index contributed by atoms with van der Waals surface area (Å²) in [6.45, 7) is 0. The predicted molar refractivity (Wildman–Crippen MR) is 31.9 cm³/mol. The maximum atomic E-state index is 7.13.